The summed E-state index contributed by atoms with van der Waals surface area (Å²) in [5.41, 5.74) is 0.934. The Kier molecular flexibility index (Phi) is 4.73. The normalized spacial score (nSPS) is 10.7. The monoisotopic (exact) mass is 295 g/mol. The predicted octanol–water partition coefficient (Wildman–Crippen LogP) is 2.20. The molecule has 1 N–H and O–H groups in total. The Labute approximate surface area is 119 Å². The van der Waals surface area contributed by atoms with Gasteiger partial charge in [-0.25, -0.2) is 4.39 Å². The zero-order chi connectivity index (χ0) is 14.5. The number of rotatable bonds is 6. The Morgan fingerprint density at radius 3 is 2.65 bits per heavy atom. The summed E-state index contributed by atoms with van der Waals surface area (Å²) in [6.45, 7) is 2.60. The number of thioether (sulfide) groups is 1. The first-order valence-corrected chi connectivity index (χ1v) is 7.09. The van der Waals surface area contributed by atoms with Crippen molar-refractivity contribution in [3.05, 3.63) is 41.5 Å². The lowest BCUT2D eigenvalue weighted by molar-refractivity contribution is -0.133. The van der Waals surface area contributed by atoms with Crippen LogP contribution < -0.4 is 0 Å². The summed E-state index contributed by atoms with van der Waals surface area (Å²) in [5.74, 6) is -0.467. The Bertz CT molecular complexity index is 598. The second-order valence-electron chi connectivity index (χ2n) is 4.13. The van der Waals surface area contributed by atoms with E-state index >= 15 is 0 Å². The molecule has 0 saturated heterocycles. The first kappa shape index (κ1) is 14.5. The highest BCUT2D eigenvalue weighted by atomic mass is 32.2. The highest BCUT2D eigenvalue weighted by Crippen LogP contribution is 2.18. The third-order valence-corrected chi connectivity index (χ3v) is 3.66. The fraction of sp³-hybridized carbons (Fsp3) is 0.308. The first-order chi connectivity index (χ1) is 9.60. The predicted molar refractivity (Wildman–Crippen MR) is 73.3 cm³/mol. The van der Waals surface area contributed by atoms with Crippen LogP contribution in [0.5, 0.6) is 0 Å². The Hall–Kier alpha value is -1.89. The van der Waals surface area contributed by atoms with Crippen molar-refractivity contribution < 1.29 is 14.3 Å². The van der Waals surface area contributed by atoms with Gasteiger partial charge in [0.15, 0.2) is 5.16 Å². The number of hydrogen-bond acceptors (Lipinski definition) is 4. The zero-order valence-electron chi connectivity index (χ0n) is 10.9. The van der Waals surface area contributed by atoms with Crippen molar-refractivity contribution in [2.24, 2.45) is 0 Å². The van der Waals surface area contributed by atoms with Gasteiger partial charge in [0.25, 0.3) is 0 Å². The van der Waals surface area contributed by atoms with Crippen LogP contribution in [-0.4, -0.2) is 31.6 Å². The van der Waals surface area contributed by atoms with Crippen molar-refractivity contribution in [1.29, 1.82) is 0 Å². The molecular formula is C13H14FN3O2S. The average Bonchev–Trinajstić information content (AvgIpc) is 2.81. The van der Waals surface area contributed by atoms with Gasteiger partial charge >= 0.3 is 5.97 Å². The summed E-state index contributed by atoms with van der Waals surface area (Å²) >= 11 is 1.14. The number of aromatic nitrogens is 3. The summed E-state index contributed by atoms with van der Waals surface area (Å²) in [4.78, 5) is 10.6. The lowest BCUT2D eigenvalue weighted by Crippen LogP contribution is -2.06. The van der Waals surface area contributed by atoms with Crippen LogP contribution in [0, 0.1) is 5.82 Å². The van der Waals surface area contributed by atoms with Gasteiger partial charge in [-0.3, -0.25) is 4.79 Å². The van der Waals surface area contributed by atoms with Gasteiger partial charge in [-0.1, -0.05) is 23.9 Å². The summed E-state index contributed by atoms with van der Waals surface area (Å²) in [6.07, 6.45) is 0.536. The molecule has 0 aliphatic rings. The number of nitrogens with zero attached hydrogens (tertiary/aromatic N) is 3. The van der Waals surface area contributed by atoms with Crippen molar-refractivity contribution in [3.63, 3.8) is 0 Å². The van der Waals surface area contributed by atoms with E-state index in [0.29, 0.717) is 18.1 Å². The van der Waals surface area contributed by atoms with E-state index in [1.54, 1.807) is 12.1 Å². The van der Waals surface area contributed by atoms with E-state index in [1.807, 2.05) is 11.5 Å². The van der Waals surface area contributed by atoms with E-state index < -0.39 is 5.97 Å². The molecule has 5 nitrogen and oxygen atoms in total. The van der Waals surface area contributed by atoms with Gasteiger partial charge in [0.05, 0.1) is 5.75 Å². The third kappa shape index (κ3) is 3.57. The summed E-state index contributed by atoms with van der Waals surface area (Å²) < 4.78 is 14.7. The van der Waals surface area contributed by atoms with E-state index in [1.165, 1.54) is 12.1 Å². The van der Waals surface area contributed by atoms with Crippen LogP contribution in [0.3, 0.4) is 0 Å². The fourth-order valence-electron chi connectivity index (χ4n) is 1.79. The van der Waals surface area contributed by atoms with Crippen LogP contribution in [0.1, 0.15) is 18.3 Å². The Balaban J connectivity index is 2.15. The SMILES string of the molecule is CCn1c(Cc2ccc(F)cc2)nnc1SCC(=O)O. The van der Waals surface area contributed by atoms with Crippen LogP contribution in [0.2, 0.25) is 0 Å². The zero-order valence-corrected chi connectivity index (χ0v) is 11.7. The summed E-state index contributed by atoms with van der Waals surface area (Å²) in [7, 11) is 0. The number of carboxylic acid groups (broad SMARTS) is 1. The van der Waals surface area contributed by atoms with Crippen molar-refractivity contribution >= 4 is 17.7 Å². The molecule has 0 bridgehead atoms. The fourth-order valence-corrected chi connectivity index (χ4v) is 2.53. The minimum Gasteiger partial charge on any atom is -0.481 e. The van der Waals surface area contributed by atoms with Gasteiger partial charge < -0.3 is 9.67 Å². The van der Waals surface area contributed by atoms with Crippen molar-refractivity contribution in [3.8, 4) is 0 Å². The number of hydrogen-bond donors (Lipinski definition) is 1. The lowest BCUT2D eigenvalue weighted by atomic mass is 10.1. The Morgan fingerprint density at radius 2 is 2.05 bits per heavy atom. The van der Waals surface area contributed by atoms with Gasteiger partial charge in [0, 0.05) is 13.0 Å². The van der Waals surface area contributed by atoms with Crippen LogP contribution in [0.4, 0.5) is 4.39 Å². The second kappa shape index (κ2) is 6.51. The van der Waals surface area contributed by atoms with Crippen LogP contribution in [0.15, 0.2) is 29.4 Å². The molecule has 0 fully saturated rings. The number of carboxylic acids is 1. The third-order valence-electron chi connectivity index (χ3n) is 2.71. The molecule has 1 heterocycles. The van der Waals surface area contributed by atoms with E-state index in [-0.39, 0.29) is 11.6 Å². The van der Waals surface area contributed by atoms with Gasteiger partial charge in [0.2, 0.25) is 0 Å². The van der Waals surface area contributed by atoms with Crippen LogP contribution in [-0.2, 0) is 17.8 Å². The maximum Gasteiger partial charge on any atom is 0.313 e. The van der Waals surface area contributed by atoms with Crippen molar-refractivity contribution in [1.82, 2.24) is 14.8 Å². The molecule has 0 radical (unpaired) electrons. The summed E-state index contributed by atoms with van der Waals surface area (Å²) in [6, 6.07) is 6.21. The van der Waals surface area contributed by atoms with Crippen molar-refractivity contribution in [2.75, 3.05) is 5.75 Å². The van der Waals surface area contributed by atoms with Gasteiger partial charge in [-0.2, -0.15) is 0 Å². The number of aliphatic carboxylic acids is 1. The summed E-state index contributed by atoms with van der Waals surface area (Å²) in [5, 5.41) is 17.4. The molecule has 0 aliphatic carbocycles. The first-order valence-electron chi connectivity index (χ1n) is 6.11. The van der Waals surface area contributed by atoms with Crippen molar-refractivity contribution in [2.45, 2.75) is 25.0 Å². The number of halogens is 1. The molecule has 1 aromatic heterocycles. The van der Waals surface area contributed by atoms with E-state index in [4.69, 9.17) is 5.11 Å². The smallest absolute Gasteiger partial charge is 0.313 e. The minimum atomic E-state index is -0.888. The maximum absolute atomic E-state index is 12.9. The van der Waals surface area contributed by atoms with E-state index in [0.717, 1.165) is 23.1 Å². The minimum absolute atomic E-state index is 0.0469. The molecule has 20 heavy (non-hydrogen) atoms. The number of carbonyl (C=O) groups is 1. The quantitative estimate of drug-likeness (QED) is 0.828. The molecule has 0 unspecified atom stereocenters. The van der Waals surface area contributed by atoms with Crippen LogP contribution in [0.25, 0.3) is 0 Å². The molecular weight excluding hydrogens is 281 g/mol. The molecule has 0 amide bonds. The standard InChI is InChI=1S/C13H14FN3O2S/c1-2-17-11(7-9-3-5-10(14)6-4-9)15-16-13(17)20-8-12(18)19/h3-6H,2,7-8H2,1H3,(H,18,19). The molecule has 0 saturated carbocycles. The molecule has 0 aliphatic heterocycles. The molecule has 0 atom stereocenters. The second-order valence-corrected chi connectivity index (χ2v) is 5.07. The van der Waals surface area contributed by atoms with Gasteiger partial charge in [0.1, 0.15) is 11.6 Å². The van der Waals surface area contributed by atoms with Gasteiger partial charge in [-0.15, -0.1) is 10.2 Å². The lowest BCUT2D eigenvalue weighted by Gasteiger charge is -2.06. The average molecular weight is 295 g/mol. The van der Waals surface area contributed by atoms with E-state index in [9.17, 15) is 9.18 Å². The van der Waals surface area contributed by atoms with Crippen LogP contribution >= 0.6 is 11.8 Å². The molecule has 0 spiro atoms. The molecule has 2 aromatic rings. The molecule has 1 aromatic carbocycles. The molecule has 106 valence electrons. The number of benzene rings is 1. The highest BCUT2D eigenvalue weighted by Gasteiger charge is 2.13. The molecule has 2 rings (SSSR count). The van der Waals surface area contributed by atoms with Gasteiger partial charge in [-0.05, 0) is 24.6 Å². The maximum atomic E-state index is 12.9. The topological polar surface area (TPSA) is 68.0 Å². The molecule has 7 heteroatoms. The highest BCUT2D eigenvalue weighted by molar-refractivity contribution is 7.99. The Morgan fingerprint density at radius 1 is 1.35 bits per heavy atom. The van der Waals surface area contributed by atoms with E-state index in [2.05, 4.69) is 10.2 Å². The largest absolute Gasteiger partial charge is 0.481 e.